The second-order valence-electron chi connectivity index (χ2n) is 3.21. The Balaban J connectivity index is 2.10. The fourth-order valence-corrected chi connectivity index (χ4v) is 2.07. The van der Waals surface area contributed by atoms with Crippen LogP contribution in [-0.4, -0.2) is 0 Å². The second-order valence-corrected chi connectivity index (χ2v) is 3.21. The smallest absolute Gasteiger partial charge is 0.0176 e. The molecule has 0 nitrogen and oxygen atoms in total. The van der Waals surface area contributed by atoms with Crippen LogP contribution in [-0.2, 0) is 0 Å². The molecule has 2 rings (SSSR count). The fourth-order valence-electron chi connectivity index (χ4n) is 2.07. The number of allylic oxidation sites excluding steroid dienone is 2. The molecule has 0 heterocycles. The highest BCUT2D eigenvalue weighted by Gasteiger charge is 2.37. The highest BCUT2D eigenvalue weighted by molar-refractivity contribution is 5.08. The van der Waals surface area contributed by atoms with E-state index in [2.05, 4.69) is 19.1 Å². The average molecular weight is 108 g/mol. The van der Waals surface area contributed by atoms with Crippen molar-refractivity contribution in [1.82, 2.24) is 0 Å². The molecular formula is C8H12. The van der Waals surface area contributed by atoms with Crippen molar-refractivity contribution >= 4 is 0 Å². The van der Waals surface area contributed by atoms with Gasteiger partial charge in [0.2, 0.25) is 0 Å². The summed E-state index contributed by atoms with van der Waals surface area (Å²) in [5, 5.41) is 0. The third-order valence-electron chi connectivity index (χ3n) is 2.67. The summed E-state index contributed by atoms with van der Waals surface area (Å²) >= 11 is 0. The number of rotatable bonds is 0. The summed E-state index contributed by atoms with van der Waals surface area (Å²) in [4.78, 5) is 0. The molecule has 0 radical (unpaired) electrons. The van der Waals surface area contributed by atoms with E-state index in [0.717, 1.165) is 17.8 Å². The van der Waals surface area contributed by atoms with Crippen molar-refractivity contribution in [3.05, 3.63) is 12.2 Å². The van der Waals surface area contributed by atoms with Gasteiger partial charge in [-0.2, -0.15) is 0 Å². The van der Waals surface area contributed by atoms with Crippen LogP contribution in [0.3, 0.4) is 0 Å². The van der Waals surface area contributed by atoms with Gasteiger partial charge in [-0.3, -0.25) is 0 Å². The lowest BCUT2D eigenvalue weighted by Crippen LogP contribution is -2.29. The van der Waals surface area contributed by atoms with Crippen LogP contribution in [0.15, 0.2) is 12.2 Å². The molecule has 1 saturated carbocycles. The summed E-state index contributed by atoms with van der Waals surface area (Å²) in [5.74, 6) is 3.04. The number of fused-ring (bicyclic) bond motifs is 1. The van der Waals surface area contributed by atoms with Gasteiger partial charge in [-0.1, -0.05) is 19.1 Å². The summed E-state index contributed by atoms with van der Waals surface area (Å²) in [6, 6.07) is 0. The molecule has 0 unspecified atom stereocenters. The van der Waals surface area contributed by atoms with E-state index in [1.165, 1.54) is 12.8 Å². The lowest BCUT2D eigenvalue weighted by atomic mass is 9.68. The van der Waals surface area contributed by atoms with Gasteiger partial charge in [0, 0.05) is 0 Å². The van der Waals surface area contributed by atoms with Crippen molar-refractivity contribution in [3.63, 3.8) is 0 Å². The molecule has 8 heavy (non-hydrogen) atoms. The van der Waals surface area contributed by atoms with Crippen molar-refractivity contribution in [1.29, 1.82) is 0 Å². The Morgan fingerprint density at radius 3 is 2.88 bits per heavy atom. The standard InChI is InChI=1S/C8H12/c1-6-5-7-3-2-4-8(6)7/h2,4,6-8H,3,5H2,1H3/t6-,7-,8+/m1/s1. The molecule has 0 aliphatic heterocycles. The minimum atomic E-state index is 0.981. The van der Waals surface area contributed by atoms with E-state index in [0.29, 0.717) is 0 Å². The maximum absolute atomic E-state index is 2.40. The summed E-state index contributed by atoms with van der Waals surface area (Å²) in [7, 11) is 0. The van der Waals surface area contributed by atoms with Gasteiger partial charge in [-0.15, -0.1) is 0 Å². The highest BCUT2D eigenvalue weighted by atomic mass is 14.4. The molecule has 0 saturated heterocycles. The highest BCUT2D eigenvalue weighted by Crippen LogP contribution is 2.46. The molecule has 2 aliphatic carbocycles. The van der Waals surface area contributed by atoms with Gasteiger partial charge >= 0.3 is 0 Å². The van der Waals surface area contributed by atoms with Gasteiger partial charge in [0.1, 0.15) is 0 Å². The molecule has 0 aromatic rings. The van der Waals surface area contributed by atoms with Gasteiger partial charge in [0.25, 0.3) is 0 Å². The van der Waals surface area contributed by atoms with E-state index < -0.39 is 0 Å². The summed E-state index contributed by atoms with van der Waals surface area (Å²) in [5.41, 5.74) is 0. The largest absolute Gasteiger partial charge is 0.0879 e. The average Bonchev–Trinajstić information content (AvgIpc) is 2.09. The summed E-state index contributed by atoms with van der Waals surface area (Å²) in [6.45, 7) is 2.36. The molecule has 0 N–H and O–H groups in total. The third kappa shape index (κ3) is 0.410. The van der Waals surface area contributed by atoms with Crippen LogP contribution in [0.4, 0.5) is 0 Å². The van der Waals surface area contributed by atoms with Crippen LogP contribution < -0.4 is 0 Å². The van der Waals surface area contributed by atoms with E-state index in [4.69, 9.17) is 0 Å². The van der Waals surface area contributed by atoms with Crippen molar-refractivity contribution in [3.8, 4) is 0 Å². The van der Waals surface area contributed by atoms with Gasteiger partial charge < -0.3 is 0 Å². The van der Waals surface area contributed by atoms with Crippen LogP contribution in [0.25, 0.3) is 0 Å². The van der Waals surface area contributed by atoms with Gasteiger partial charge in [0.15, 0.2) is 0 Å². The second kappa shape index (κ2) is 1.37. The van der Waals surface area contributed by atoms with Crippen LogP contribution in [0, 0.1) is 17.8 Å². The van der Waals surface area contributed by atoms with Crippen LogP contribution in [0.5, 0.6) is 0 Å². The molecular weight excluding hydrogens is 96.1 g/mol. The van der Waals surface area contributed by atoms with Crippen molar-refractivity contribution in [2.75, 3.05) is 0 Å². The lowest BCUT2D eigenvalue weighted by Gasteiger charge is -2.37. The van der Waals surface area contributed by atoms with Gasteiger partial charge in [0.05, 0.1) is 0 Å². The first-order valence-corrected chi connectivity index (χ1v) is 3.54. The zero-order valence-corrected chi connectivity index (χ0v) is 5.30. The van der Waals surface area contributed by atoms with Crippen molar-refractivity contribution < 1.29 is 0 Å². The topological polar surface area (TPSA) is 0 Å². The van der Waals surface area contributed by atoms with Gasteiger partial charge in [-0.05, 0) is 30.6 Å². The van der Waals surface area contributed by atoms with E-state index in [1.807, 2.05) is 0 Å². The Kier molecular flexibility index (Phi) is 0.787. The Hall–Kier alpha value is -0.260. The predicted molar refractivity (Wildman–Crippen MR) is 34.5 cm³/mol. The molecule has 44 valence electrons. The molecule has 0 heteroatoms. The van der Waals surface area contributed by atoms with E-state index in [9.17, 15) is 0 Å². The van der Waals surface area contributed by atoms with E-state index >= 15 is 0 Å². The van der Waals surface area contributed by atoms with Crippen molar-refractivity contribution in [2.24, 2.45) is 17.8 Å². The Morgan fingerprint density at radius 2 is 2.38 bits per heavy atom. The minimum absolute atomic E-state index is 0.981. The molecule has 1 fully saturated rings. The first kappa shape index (κ1) is 4.60. The molecule has 0 amide bonds. The monoisotopic (exact) mass is 108 g/mol. The van der Waals surface area contributed by atoms with Crippen LogP contribution >= 0.6 is 0 Å². The summed E-state index contributed by atoms with van der Waals surface area (Å²) in [6.07, 6.45) is 7.60. The number of hydrogen-bond donors (Lipinski definition) is 0. The number of hydrogen-bond acceptors (Lipinski definition) is 0. The van der Waals surface area contributed by atoms with Crippen LogP contribution in [0.1, 0.15) is 19.8 Å². The third-order valence-corrected chi connectivity index (χ3v) is 2.67. The van der Waals surface area contributed by atoms with Crippen molar-refractivity contribution in [2.45, 2.75) is 19.8 Å². The van der Waals surface area contributed by atoms with E-state index in [-0.39, 0.29) is 0 Å². The molecule has 2 aliphatic rings. The molecule has 3 atom stereocenters. The van der Waals surface area contributed by atoms with Crippen LogP contribution in [0.2, 0.25) is 0 Å². The Morgan fingerprint density at radius 1 is 1.50 bits per heavy atom. The molecule has 0 bridgehead atoms. The zero-order valence-electron chi connectivity index (χ0n) is 5.30. The van der Waals surface area contributed by atoms with Gasteiger partial charge in [-0.25, -0.2) is 0 Å². The minimum Gasteiger partial charge on any atom is -0.0879 e. The first-order chi connectivity index (χ1) is 3.88. The van der Waals surface area contributed by atoms with E-state index in [1.54, 1.807) is 0 Å². The zero-order chi connectivity index (χ0) is 5.56. The Bertz CT molecular complexity index is 124. The fraction of sp³-hybridized carbons (Fsp3) is 0.750. The molecule has 0 aromatic heterocycles. The quantitative estimate of drug-likeness (QED) is 0.417. The maximum Gasteiger partial charge on any atom is -0.0176 e. The normalized spacial score (nSPS) is 50.9. The molecule has 0 aromatic carbocycles. The first-order valence-electron chi connectivity index (χ1n) is 3.54. The predicted octanol–water partition coefficient (Wildman–Crippen LogP) is 2.22. The summed E-state index contributed by atoms with van der Waals surface area (Å²) < 4.78 is 0. The maximum atomic E-state index is 2.40. The lowest BCUT2D eigenvalue weighted by molar-refractivity contribution is 0.148. The Labute approximate surface area is 50.6 Å². The molecule has 0 spiro atoms. The SMILES string of the molecule is C[C@@H]1C[C@H]2CC=C[C@H]21.